The number of hydrogen-bond acceptors (Lipinski definition) is 5. The zero-order valence-electron chi connectivity index (χ0n) is 16.7. The first kappa shape index (κ1) is 21.5. The summed E-state index contributed by atoms with van der Waals surface area (Å²) in [4.78, 5) is 37.4. The predicted octanol–water partition coefficient (Wildman–Crippen LogP) is 2.43. The van der Waals surface area contributed by atoms with E-state index in [1.54, 1.807) is 25.7 Å². The van der Waals surface area contributed by atoms with Gasteiger partial charge in [-0.25, -0.2) is 9.59 Å². The molecule has 2 N–H and O–H groups in total. The maximum absolute atomic E-state index is 12.3. The van der Waals surface area contributed by atoms with Gasteiger partial charge in [-0.1, -0.05) is 30.3 Å². The quantitative estimate of drug-likeness (QED) is 0.776. The van der Waals surface area contributed by atoms with E-state index in [1.165, 1.54) is 0 Å². The van der Waals surface area contributed by atoms with Gasteiger partial charge in [-0.3, -0.25) is 4.79 Å². The Kier molecular flexibility index (Phi) is 7.66. The van der Waals surface area contributed by atoms with Crippen LogP contribution in [0.5, 0.6) is 0 Å². The smallest absolute Gasteiger partial charge is 0.407 e. The van der Waals surface area contributed by atoms with Crippen LogP contribution in [0.1, 0.15) is 39.2 Å². The van der Waals surface area contributed by atoms with Gasteiger partial charge in [-0.05, 0) is 32.8 Å². The van der Waals surface area contributed by atoms with Gasteiger partial charge in [0, 0.05) is 26.1 Å². The second-order valence-electron chi connectivity index (χ2n) is 7.71. The molecule has 0 saturated carbocycles. The molecule has 8 heteroatoms. The van der Waals surface area contributed by atoms with E-state index in [1.807, 2.05) is 30.3 Å². The Morgan fingerprint density at radius 2 is 1.86 bits per heavy atom. The molecule has 0 aliphatic carbocycles. The fourth-order valence-corrected chi connectivity index (χ4v) is 2.78. The van der Waals surface area contributed by atoms with Crippen LogP contribution in [0, 0.1) is 0 Å². The number of ether oxygens (including phenoxy) is 2. The summed E-state index contributed by atoms with van der Waals surface area (Å²) in [5.74, 6) is -0.0724. The van der Waals surface area contributed by atoms with Gasteiger partial charge >= 0.3 is 12.2 Å². The van der Waals surface area contributed by atoms with Crippen molar-refractivity contribution in [3.63, 3.8) is 0 Å². The summed E-state index contributed by atoms with van der Waals surface area (Å²) in [6, 6.07) is 9.24. The summed E-state index contributed by atoms with van der Waals surface area (Å²) in [6.07, 6.45) is -0.172. The third kappa shape index (κ3) is 7.85. The van der Waals surface area contributed by atoms with Gasteiger partial charge < -0.3 is 25.0 Å². The molecule has 28 heavy (non-hydrogen) atoms. The van der Waals surface area contributed by atoms with Gasteiger partial charge in [0.2, 0.25) is 5.91 Å². The number of likely N-dealkylation sites (tertiary alicyclic amines) is 1. The first-order chi connectivity index (χ1) is 13.2. The molecule has 0 aromatic heterocycles. The Labute approximate surface area is 165 Å². The summed E-state index contributed by atoms with van der Waals surface area (Å²) >= 11 is 0. The molecule has 0 spiro atoms. The molecular formula is C20H29N3O5. The van der Waals surface area contributed by atoms with Crippen LogP contribution in [0.3, 0.4) is 0 Å². The van der Waals surface area contributed by atoms with Crippen molar-refractivity contribution in [1.82, 2.24) is 15.5 Å². The number of carbonyl (C=O) groups excluding carboxylic acids is 3. The van der Waals surface area contributed by atoms with Crippen molar-refractivity contribution < 1.29 is 23.9 Å². The summed E-state index contributed by atoms with van der Waals surface area (Å²) < 4.78 is 10.3. The highest BCUT2D eigenvalue weighted by molar-refractivity contribution is 5.78. The number of alkyl carbamates (subject to hydrolysis) is 2. The summed E-state index contributed by atoms with van der Waals surface area (Å²) in [5.41, 5.74) is 0.341. The Morgan fingerprint density at radius 3 is 2.54 bits per heavy atom. The van der Waals surface area contributed by atoms with Gasteiger partial charge in [0.25, 0.3) is 0 Å². The molecule has 154 valence electrons. The molecule has 1 heterocycles. The lowest BCUT2D eigenvalue weighted by Crippen LogP contribution is -2.41. The van der Waals surface area contributed by atoms with Crippen molar-refractivity contribution in [3.05, 3.63) is 35.9 Å². The van der Waals surface area contributed by atoms with Crippen LogP contribution in [-0.2, 0) is 20.9 Å². The molecule has 8 nitrogen and oxygen atoms in total. The summed E-state index contributed by atoms with van der Waals surface area (Å²) in [6.45, 7) is 6.80. The third-order valence-corrected chi connectivity index (χ3v) is 4.08. The average Bonchev–Trinajstić information content (AvgIpc) is 3.07. The van der Waals surface area contributed by atoms with E-state index in [2.05, 4.69) is 10.6 Å². The molecule has 1 aromatic rings. The second-order valence-corrected chi connectivity index (χ2v) is 7.71. The van der Waals surface area contributed by atoms with E-state index in [0.717, 1.165) is 5.56 Å². The number of amides is 3. The zero-order chi connectivity index (χ0) is 20.6. The normalized spacial score (nSPS) is 16.4. The lowest BCUT2D eigenvalue weighted by Gasteiger charge is -2.22. The highest BCUT2D eigenvalue weighted by Gasteiger charge is 2.28. The van der Waals surface area contributed by atoms with Gasteiger partial charge in [0.15, 0.2) is 0 Å². The Hall–Kier alpha value is -2.77. The maximum Gasteiger partial charge on any atom is 0.407 e. The van der Waals surface area contributed by atoms with Crippen molar-refractivity contribution >= 4 is 18.1 Å². The van der Waals surface area contributed by atoms with Crippen molar-refractivity contribution in [3.8, 4) is 0 Å². The van der Waals surface area contributed by atoms with Gasteiger partial charge in [-0.2, -0.15) is 0 Å². The molecule has 1 aliphatic rings. The minimum Gasteiger partial charge on any atom is -0.445 e. The molecule has 1 aromatic carbocycles. The van der Waals surface area contributed by atoms with Crippen molar-refractivity contribution in [2.24, 2.45) is 0 Å². The maximum atomic E-state index is 12.3. The molecule has 1 aliphatic heterocycles. The molecular weight excluding hydrogens is 362 g/mol. The van der Waals surface area contributed by atoms with Crippen LogP contribution in [0.25, 0.3) is 0 Å². The number of nitrogens with zero attached hydrogens (tertiary/aromatic N) is 1. The highest BCUT2D eigenvalue weighted by Crippen LogP contribution is 2.12. The molecule has 1 fully saturated rings. The fraction of sp³-hybridized carbons (Fsp3) is 0.550. The van der Waals surface area contributed by atoms with Crippen LogP contribution in [0.4, 0.5) is 9.59 Å². The third-order valence-electron chi connectivity index (χ3n) is 4.08. The molecule has 2 rings (SSSR count). The zero-order valence-corrected chi connectivity index (χ0v) is 16.7. The summed E-state index contributed by atoms with van der Waals surface area (Å²) in [5, 5.41) is 5.36. The minimum absolute atomic E-state index is 0.0724. The van der Waals surface area contributed by atoms with E-state index in [4.69, 9.17) is 9.47 Å². The largest absolute Gasteiger partial charge is 0.445 e. The molecule has 0 bridgehead atoms. The van der Waals surface area contributed by atoms with Crippen molar-refractivity contribution in [2.45, 2.75) is 51.9 Å². The first-order valence-corrected chi connectivity index (χ1v) is 9.45. The minimum atomic E-state index is -0.557. The lowest BCUT2D eigenvalue weighted by atomic mass is 10.2. The van der Waals surface area contributed by atoms with Crippen LogP contribution in [0.2, 0.25) is 0 Å². The van der Waals surface area contributed by atoms with Crippen LogP contribution >= 0.6 is 0 Å². The SMILES string of the molecule is CC(C)(C)OC(=O)N[C@@H]1CCN(C(=O)CCNC(=O)OCc2ccccc2)C1. The van der Waals surface area contributed by atoms with Crippen molar-refractivity contribution in [1.29, 1.82) is 0 Å². The van der Waals surface area contributed by atoms with Crippen LogP contribution in [0.15, 0.2) is 30.3 Å². The molecule has 0 radical (unpaired) electrons. The van der Waals surface area contributed by atoms with E-state index in [0.29, 0.717) is 19.5 Å². The number of hydrogen-bond donors (Lipinski definition) is 2. The van der Waals surface area contributed by atoms with Gasteiger partial charge in [-0.15, -0.1) is 0 Å². The van der Waals surface area contributed by atoms with E-state index >= 15 is 0 Å². The number of carbonyl (C=O) groups is 3. The Morgan fingerprint density at radius 1 is 1.14 bits per heavy atom. The predicted molar refractivity (Wildman–Crippen MR) is 104 cm³/mol. The first-order valence-electron chi connectivity index (χ1n) is 9.45. The highest BCUT2D eigenvalue weighted by atomic mass is 16.6. The second kappa shape index (κ2) is 9.96. The van der Waals surface area contributed by atoms with E-state index in [-0.39, 0.29) is 31.5 Å². The van der Waals surface area contributed by atoms with Crippen molar-refractivity contribution in [2.75, 3.05) is 19.6 Å². The van der Waals surface area contributed by atoms with Gasteiger partial charge in [0.1, 0.15) is 12.2 Å². The standard InChI is InChI=1S/C20H29N3O5/c1-20(2,3)28-19(26)22-16-10-12-23(13-16)17(24)9-11-21-18(25)27-14-15-7-5-4-6-8-15/h4-8,16H,9-14H2,1-3H3,(H,21,25)(H,22,26)/t16-/m1/s1. The molecule has 0 unspecified atom stereocenters. The fourth-order valence-electron chi connectivity index (χ4n) is 2.78. The number of nitrogens with one attached hydrogen (secondary N) is 2. The Balaban J connectivity index is 1.61. The van der Waals surface area contributed by atoms with E-state index < -0.39 is 17.8 Å². The van der Waals surface area contributed by atoms with Crippen LogP contribution in [-0.4, -0.2) is 54.3 Å². The van der Waals surface area contributed by atoms with Crippen LogP contribution < -0.4 is 10.6 Å². The van der Waals surface area contributed by atoms with E-state index in [9.17, 15) is 14.4 Å². The monoisotopic (exact) mass is 391 g/mol. The number of benzene rings is 1. The lowest BCUT2D eigenvalue weighted by molar-refractivity contribution is -0.130. The Bertz CT molecular complexity index is 672. The average molecular weight is 391 g/mol. The molecule has 1 saturated heterocycles. The summed E-state index contributed by atoms with van der Waals surface area (Å²) in [7, 11) is 0. The molecule has 3 amide bonds. The topological polar surface area (TPSA) is 97.0 Å². The number of rotatable bonds is 6. The molecule has 1 atom stereocenters. The van der Waals surface area contributed by atoms with Gasteiger partial charge in [0.05, 0.1) is 6.04 Å².